The fourth-order valence-electron chi connectivity index (χ4n) is 4.30. The van der Waals surface area contributed by atoms with Gasteiger partial charge in [0.2, 0.25) is 5.91 Å². The summed E-state index contributed by atoms with van der Waals surface area (Å²) in [7, 11) is 0. The van der Waals surface area contributed by atoms with Crippen molar-refractivity contribution in [2.45, 2.75) is 27.2 Å². The molecule has 0 aliphatic carbocycles. The standard InChI is InChI=1S/C26H22N4O2S/c1-15-19-11-7-8-12-21(19)28-16(2)20(15)13-22(31)29-30-14-27-25-24(26(30)32)23(17(3)33-25)18-9-5-4-6-10-18/h4-12,14H,13H2,1-3H3,(H,29,31). The first-order valence-corrected chi connectivity index (χ1v) is 11.5. The van der Waals surface area contributed by atoms with Gasteiger partial charge in [0.1, 0.15) is 11.2 Å². The third-order valence-electron chi connectivity index (χ3n) is 5.92. The molecule has 7 heteroatoms. The Morgan fingerprint density at radius 1 is 1.03 bits per heavy atom. The summed E-state index contributed by atoms with van der Waals surface area (Å²) in [6, 6.07) is 17.7. The van der Waals surface area contributed by atoms with Crippen molar-refractivity contribution in [1.29, 1.82) is 0 Å². The molecule has 0 bridgehead atoms. The summed E-state index contributed by atoms with van der Waals surface area (Å²) in [6.07, 6.45) is 1.50. The first-order chi connectivity index (χ1) is 15.9. The number of benzene rings is 2. The van der Waals surface area contributed by atoms with E-state index in [4.69, 9.17) is 0 Å². The maximum absolute atomic E-state index is 13.3. The van der Waals surface area contributed by atoms with E-state index in [1.807, 2.05) is 75.4 Å². The number of para-hydroxylation sites is 1. The SMILES string of the molecule is Cc1nc2ccccc2c(C)c1CC(=O)Nn1cnc2sc(C)c(-c3ccccc3)c2c1=O. The number of carbonyl (C=O) groups excluding carboxylic acids is 1. The minimum Gasteiger partial charge on any atom is -0.273 e. The minimum atomic E-state index is -0.297. The van der Waals surface area contributed by atoms with Crippen LogP contribution in [0.25, 0.3) is 32.2 Å². The molecule has 2 aromatic carbocycles. The van der Waals surface area contributed by atoms with Crippen molar-refractivity contribution in [3.8, 4) is 11.1 Å². The summed E-state index contributed by atoms with van der Waals surface area (Å²) in [5.74, 6) is -0.297. The number of rotatable bonds is 4. The number of pyridine rings is 1. The number of hydrogen-bond donors (Lipinski definition) is 1. The summed E-state index contributed by atoms with van der Waals surface area (Å²) in [5, 5.41) is 1.54. The van der Waals surface area contributed by atoms with Gasteiger partial charge < -0.3 is 0 Å². The maximum atomic E-state index is 13.3. The highest BCUT2D eigenvalue weighted by Crippen LogP contribution is 2.35. The van der Waals surface area contributed by atoms with Gasteiger partial charge in [-0.3, -0.25) is 20.0 Å². The predicted octanol–water partition coefficient (Wildman–Crippen LogP) is 4.91. The minimum absolute atomic E-state index is 0.119. The third-order valence-corrected chi connectivity index (χ3v) is 6.93. The normalized spacial score (nSPS) is 11.2. The lowest BCUT2D eigenvalue weighted by Gasteiger charge is -2.13. The first kappa shape index (κ1) is 21.0. The van der Waals surface area contributed by atoms with Crippen LogP contribution in [-0.4, -0.2) is 20.6 Å². The first-order valence-electron chi connectivity index (χ1n) is 10.6. The molecule has 6 nitrogen and oxygen atoms in total. The van der Waals surface area contributed by atoms with Crippen LogP contribution in [0.15, 0.2) is 65.7 Å². The van der Waals surface area contributed by atoms with Crippen LogP contribution in [0.3, 0.4) is 0 Å². The van der Waals surface area contributed by atoms with Gasteiger partial charge in [0, 0.05) is 21.5 Å². The number of thiophene rings is 1. The maximum Gasteiger partial charge on any atom is 0.281 e. The van der Waals surface area contributed by atoms with Crippen LogP contribution in [0.5, 0.6) is 0 Å². The molecule has 3 heterocycles. The molecule has 0 spiro atoms. The van der Waals surface area contributed by atoms with Crippen molar-refractivity contribution in [1.82, 2.24) is 14.6 Å². The Kier molecular flexibility index (Phi) is 5.26. The van der Waals surface area contributed by atoms with E-state index in [-0.39, 0.29) is 17.9 Å². The zero-order valence-electron chi connectivity index (χ0n) is 18.5. The van der Waals surface area contributed by atoms with E-state index in [0.29, 0.717) is 10.2 Å². The Hall–Kier alpha value is -3.84. The van der Waals surface area contributed by atoms with Crippen molar-refractivity contribution in [2.24, 2.45) is 0 Å². The van der Waals surface area contributed by atoms with Gasteiger partial charge in [0.15, 0.2) is 0 Å². The van der Waals surface area contributed by atoms with Gasteiger partial charge in [0.05, 0.1) is 17.3 Å². The molecule has 0 fully saturated rings. The Labute approximate surface area is 194 Å². The van der Waals surface area contributed by atoms with E-state index >= 15 is 0 Å². The molecule has 0 aliphatic heterocycles. The van der Waals surface area contributed by atoms with Gasteiger partial charge in [-0.1, -0.05) is 48.5 Å². The van der Waals surface area contributed by atoms with E-state index < -0.39 is 0 Å². The third kappa shape index (κ3) is 3.70. The van der Waals surface area contributed by atoms with Gasteiger partial charge in [-0.25, -0.2) is 9.66 Å². The van der Waals surface area contributed by atoms with Crippen LogP contribution < -0.4 is 11.0 Å². The Bertz CT molecular complexity index is 1590. The molecule has 0 radical (unpaired) electrons. The zero-order chi connectivity index (χ0) is 23.1. The molecule has 1 N–H and O–H groups in total. The molecule has 0 atom stereocenters. The van der Waals surface area contributed by atoms with E-state index in [2.05, 4.69) is 15.4 Å². The molecule has 33 heavy (non-hydrogen) atoms. The molecule has 0 saturated heterocycles. The lowest BCUT2D eigenvalue weighted by atomic mass is 9.99. The zero-order valence-corrected chi connectivity index (χ0v) is 19.4. The lowest BCUT2D eigenvalue weighted by molar-refractivity contribution is -0.116. The lowest BCUT2D eigenvalue weighted by Crippen LogP contribution is -2.34. The van der Waals surface area contributed by atoms with Crippen molar-refractivity contribution >= 4 is 38.4 Å². The number of aryl methyl sites for hydroxylation is 3. The second-order valence-corrected chi connectivity index (χ2v) is 9.23. The highest BCUT2D eigenvalue weighted by molar-refractivity contribution is 7.19. The van der Waals surface area contributed by atoms with Gasteiger partial charge in [0.25, 0.3) is 5.56 Å². The van der Waals surface area contributed by atoms with Crippen LogP contribution in [0.2, 0.25) is 0 Å². The van der Waals surface area contributed by atoms with Gasteiger partial charge in [-0.2, -0.15) is 0 Å². The fraction of sp³-hybridized carbons (Fsp3) is 0.154. The van der Waals surface area contributed by atoms with Crippen LogP contribution in [0.1, 0.15) is 21.7 Å². The average Bonchev–Trinajstić information content (AvgIpc) is 3.16. The Balaban J connectivity index is 1.50. The van der Waals surface area contributed by atoms with E-state index in [0.717, 1.165) is 43.7 Å². The van der Waals surface area contributed by atoms with E-state index in [9.17, 15) is 9.59 Å². The molecule has 0 aliphatic rings. The van der Waals surface area contributed by atoms with Crippen molar-refractivity contribution < 1.29 is 4.79 Å². The number of amides is 1. The van der Waals surface area contributed by atoms with Crippen molar-refractivity contribution in [3.05, 3.63) is 93.0 Å². The molecular weight excluding hydrogens is 432 g/mol. The molecule has 0 saturated carbocycles. The van der Waals surface area contributed by atoms with Gasteiger partial charge in [-0.05, 0) is 43.5 Å². The fourth-order valence-corrected chi connectivity index (χ4v) is 5.30. The monoisotopic (exact) mass is 454 g/mol. The number of fused-ring (bicyclic) bond motifs is 2. The number of hydrogen-bond acceptors (Lipinski definition) is 5. The summed E-state index contributed by atoms with van der Waals surface area (Å²) >= 11 is 1.48. The summed E-state index contributed by atoms with van der Waals surface area (Å²) in [4.78, 5) is 37.0. The summed E-state index contributed by atoms with van der Waals surface area (Å²) < 4.78 is 1.18. The van der Waals surface area contributed by atoms with Gasteiger partial charge in [-0.15, -0.1) is 11.3 Å². The molecule has 5 rings (SSSR count). The van der Waals surface area contributed by atoms with E-state index in [1.54, 1.807) is 0 Å². The van der Waals surface area contributed by atoms with Crippen LogP contribution in [0.4, 0.5) is 0 Å². The topological polar surface area (TPSA) is 76.9 Å². The quantitative estimate of drug-likeness (QED) is 0.419. The molecule has 1 amide bonds. The number of nitrogens with one attached hydrogen (secondary N) is 1. The van der Waals surface area contributed by atoms with Crippen LogP contribution in [-0.2, 0) is 11.2 Å². The van der Waals surface area contributed by atoms with Crippen LogP contribution in [0, 0.1) is 20.8 Å². The highest BCUT2D eigenvalue weighted by Gasteiger charge is 2.18. The smallest absolute Gasteiger partial charge is 0.273 e. The van der Waals surface area contributed by atoms with Crippen LogP contribution >= 0.6 is 11.3 Å². The second-order valence-electron chi connectivity index (χ2n) is 8.03. The summed E-state index contributed by atoms with van der Waals surface area (Å²) in [6.45, 7) is 5.89. The second kappa shape index (κ2) is 8.26. The highest BCUT2D eigenvalue weighted by atomic mass is 32.1. The Morgan fingerprint density at radius 3 is 2.55 bits per heavy atom. The molecule has 0 unspecified atom stereocenters. The Morgan fingerprint density at radius 2 is 1.76 bits per heavy atom. The average molecular weight is 455 g/mol. The number of nitrogens with zero attached hydrogens (tertiary/aromatic N) is 3. The molecular formula is C26H22N4O2S. The van der Waals surface area contributed by atoms with Crippen molar-refractivity contribution in [2.75, 3.05) is 5.43 Å². The predicted molar refractivity (Wildman–Crippen MR) is 133 cm³/mol. The summed E-state index contributed by atoms with van der Waals surface area (Å²) in [5.41, 5.74) is 7.85. The molecule has 5 aromatic rings. The van der Waals surface area contributed by atoms with Gasteiger partial charge >= 0.3 is 0 Å². The largest absolute Gasteiger partial charge is 0.281 e. The number of carbonyl (C=O) groups is 1. The molecule has 164 valence electrons. The van der Waals surface area contributed by atoms with Crippen molar-refractivity contribution in [3.63, 3.8) is 0 Å². The molecule has 3 aromatic heterocycles. The van der Waals surface area contributed by atoms with E-state index in [1.165, 1.54) is 22.3 Å². The number of aromatic nitrogens is 3.